The maximum atomic E-state index is 12.2. The molecule has 0 aliphatic carbocycles. The largest absolute Gasteiger partial charge is 0.375 e. The lowest BCUT2D eigenvalue weighted by Gasteiger charge is -2.40. The van der Waals surface area contributed by atoms with Gasteiger partial charge in [0.25, 0.3) is 10.9 Å². The van der Waals surface area contributed by atoms with E-state index in [0.29, 0.717) is 11.4 Å². The molecule has 0 saturated carbocycles. The summed E-state index contributed by atoms with van der Waals surface area (Å²) >= 11 is 0. The Labute approximate surface area is 131 Å². The van der Waals surface area contributed by atoms with E-state index in [0.717, 1.165) is 5.69 Å². The number of nitrogens with zero attached hydrogens (tertiary/aromatic N) is 1. The highest BCUT2D eigenvalue weighted by Crippen LogP contribution is 2.36. The maximum absolute atomic E-state index is 12.2. The van der Waals surface area contributed by atoms with Crippen LogP contribution in [0.5, 0.6) is 0 Å². The van der Waals surface area contributed by atoms with Crippen LogP contribution in [-0.2, 0) is 0 Å². The highest BCUT2D eigenvalue weighted by Gasteiger charge is 2.34. The Balaban J connectivity index is 2.59. The third kappa shape index (κ3) is 3.06. The lowest BCUT2D eigenvalue weighted by atomic mass is 9.99. The Hall–Kier alpha value is -2.10. The van der Waals surface area contributed by atoms with Gasteiger partial charge in [0.05, 0.1) is 0 Å². The zero-order valence-corrected chi connectivity index (χ0v) is 14.2. The molecule has 0 saturated heterocycles. The normalized spacial score (nSPS) is 12.5. The third-order valence-electron chi connectivity index (χ3n) is 3.29. The molecule has 0 aliphatic heterocycles. The topological polar surface area (TPSA) is 49.4 Å². The molecule has 4 heteroatoms. The van der Waals surface area contributed by atoms with Crippen LogP contribution < -0.4 is 21.1 Å². The molecule has 22 heavy (non-hydrogen) atoms. The van der Waals surface area contributed by atoms with E-state index in [1.807, 2.05) is 76.8 Å². The summed E-state index contributed by atoms with van der Waals surface area (Å²) in [5.41, 5.74) is 0.310. The van der Waals surface area contributed by atoms with E-state index in [1.165, 1.54) is 0 Å². The zero-order valence-electron chi connectivity index (χ0n) is 14.2. The Morgan fingerprint density at radius 3 is 1.86 bits per heavy atom. The summed E-state index contributed by atoms with van der Waals surface area (Å²) in [7, 11) is 0. The van der Waals surface area contributed by atoms with Crippen molar-refractivity contribution in [2.45, 2.75) is 52.6 Å². The second-order valence-corrected chi connectivity index (χ2v) is 7.60. The van der Waals surface area contributed by atoms with Gasteiger partial charge in [0.15, 0.2) is 0 Å². The van der Waals surface area contributed by atoms with E-state index < -0.39 is 10.9 Å². The molecular weight excluding hydrogens is 276 g/mol. The predicted molar refractivity (Wildman–Crippen MR) is 93.1 cm³/mol. The van der Waals surface area contributed by atoms with Gasteiger partial charge in [-0.05, 0) is 53.7 Å². The molecule has 0 radical (unpaired) electrons. The lowest BCUT2D eigenvalue weighted by molar-refractivity contribution is 0.556. The lowest BCUT2D eigenvalue weighted by Crippen LogP contribution is -2.49. The summed E-state index contributed by atoms with van der Waals surface area (Å²) in [5, 5.41) is 3.18. The van der Waals surface area contributed by atoms with Crippen LogP contribution in [0.15, 0.2) is 39.9 Å². The van der Waals surface area contributed by atoms with E-state index in [9.17, 15) is 9.59 Å². The first-order chi connectivity index (χ1) is 10.0. The zero-order chi connectivity index (χ0) is 16.7. The van der Waals surface area contributed by atoms with Gasteiger partial charge in [0, 0.05) is 16.8 Å². The first-order valence-corrected chi connectivity index (χ1v) is 7.49. The summed E-state index contributed by atoms with van der Waals surface area (Å²) in [5.74, 6) is 0. The van der Waals surface area contributed by atoms with Crippen molar-refractivity contribution in [3.8, 4) is 0 Å². The van der Waals surface area contributed by atoms with Gasteiger partial charge in [-0.25, -0.2) is 0 Å². The molecule has 0 atom stereocenters. The van der Waals surface area contributed by atoms with Crippen molar-refractivity contribution in [2.24, 2.45) is 0 Å². The fourth-order valence-corrected chi connectivity index (χ4v) is 2.51. The van der Waals surface area contributed by atoms with Crippen molar-refractivity contribution in [3.63, 3.8) is 0 Å². The van der Waals surface area contributed by atoms with Crippen LogP contribution in [0.2, 0.25) is 0 Å². The number of nitrogens with one attached hydrogen (secondary N) is 1. The Morgan fingerprint density at radius 2 is 1.41 bits per heavy atom. The molecule has 4 nitrogen and oxygen atoms in total. The number of hydrogen-bond acceptors (Lipinski definition) is 4. The average Bonchev–Trinajstić information content (AvgIpc) is 2.40. The van der Waals surface area contributed by atoms with Crippen molar-refractivity contribution >= 4 is 17.1 Å². The second kappa shape index (κ2) is 5.27. The van der Waals surface area contributed by atoms with Crippen molar-refractivity contribution in [1.29, 1.82) is 0 Å². The van der Waals surface area contributed by atoms with Crippen LogP contribution in [0.4, 0.5) is 17.1 Å². The SMILES string of the molecule is CC(C)(C)Nc1c(N(c2ccccc2)C(C)(C)C)c(=O)c1=O. The van der Waals surface area contributed by atoms with Gasteiger partial charge in [0.2, 0.25) is 0 Å². The second-order valence-electron chi connectivity index (χ2n) is 7.60. The highest BCUT2D eigenvalue weighted by molar-refractivity contribution is 5.82. The quantitative estimate of drug-likeness (QED) is 0.882. The van der Waals surface area contributed by atoms with Crippen LogP contribution in [0.3, 0.4) is 0 Å². The Bertz CT molecular complexity index is 727. The van der Waals surface area contributed by atoms with Gasteiger partial charge in [0.1, 0.15) is 11.4 Å². The molecule has 0 heterocycles. The standard InChI is InChI=1S/C18H24N2O2/c1-17(2,3)19-13-14(16(22)15(13)21)20(18(4,5)6)12-10-8-7-9-11-12/h7-11,19H,1-6H3. The van der Waals surface area contributed by atoms with Crippen LogP contribution in [0, 0.1) is 0 Å². The van der Waals surface area contributed by atoms with Crippen molar-refractivity contribution in [2.75, 3.05) is 10.2 Å². The number of benzene rings is 1. The minimum atomic E-state index is -0.435. The fourth-order valence-electron chi connectivity index (χ4n) is 2.51. The monoisotopic (exact) mass is 300 g/mol. The third-order valence-corrected chi connectivity index (χ3v) is 3.29. The van der Waals surface area contributed by atoms with Gasteiger partial charge in [-0.3, -0.25) is 9.59 Å². The van der Waals surface area contributed by atoms with E-state index >= 15 is 0 Å². The van der Waals surface area contributed by atoms with Gasteiger partial charge >= 0.3 is 0 Å². The summed E-state index contributed by atoms with van der Waals surface area (Å²) in [4.78, 5) is 26.2. The number of hydrogen-bond donors (Lipinski definition) is 1. The van der Waals surface area contributed by atoms with Crippen LogP contribution >= 0.6 is 0 Å². The van der Waals surface area contributed by atoms with Crippen LogP contribution in [0.1, 0.15) is 41.5 Å². The molecule has 2 aromatic carbocycles. The fraction of sp³-hybridized carbons (Fsp3) is 0.444. The molecule has 0 aliphatic rings. The highest BCUT2D eigenvalue weighted by atomic mass is 16.2. The summed E-state index contributed by atoms with van der Waals surface area (Å²) in [6.45, 7) is 12.0. The molecule has 0 bridgehead atoms. The van der Waals surface area contributed by atoms with Crippen molar-refractivity contribution in [3.05, 3.63) is 50.8 Å². The van der Waals surface area contributed by atoms with Crippen molar-refractivity contribution in [1.82, 2.24) is 0 Å². The minimum Gasteiger partial charge on any atom is -0.375 e. The summed E-state index contributed by atoms with van der Waals surface area (Å²) in [6, 6.07) is 9.68. The molecule has 1 N–H and O–H groups in total. The van der Waals surface area contributed by atoms with Gasteiger partial charge in [-0.2, -0.15) is 0 Å². The van der Waals surface area contributed by atoms with Crippen LogP contribution in [0.25, 0.3) is 0 Å². The molecule has 0 amide bonds. The van der Waals surface area contributed by atoms with Crippen molar-refractivity contribution < 1.29 is 0 Å². The molecule has 118 valence electrons. The molecule has 2 aromatic rings. The van der Waals surface area contributed by atoms with Gasteiger partial charge < -0.3 is 10.2 Å². The number of anilines is 3. The van der Waals surface area contributed by atoms with E-state index in [1.54, 1.807) is 0 Å². The van der Waals surface area contributed by atoms with Crippen LogP contribution in [-0.4, -0.2) is 11.1 Å². The first-order valence-electron chi connectivity index (χ1n) is 7.49. The Kier molecular flexibility index (Phi) is 3.90. The molecular formula is C18H24N2O2. The predicted octanol–water partition coefficient (Wildman–Crippen LogP) is 3.43. The van der Waals surface area contributed by atoms with E-state index in [4.69, 9.17) is 0 Å². The van der Waals surface area contributed by atoms with E-state index in [-0.39, 0.29) is 11.1 Å². The van der Waals surface area contributed by atoms with Gasteiger partial charge in [-0.15, -0.1) is 0 Å². The smallest absolute Gasteiger partial charge is 0.253 e. The summed E-state index contributed by atoms with van der Waals surface area (Å²) < 4.78 is 0. The maximum Gasteiger partial charge on any atom is 0.253 e. The summed E-state index contributed by atoms with van der Waals surface area (Å²) in [6.07, 6.45) is 0. The number of rotatable bonds is 3. The molecule has 0 aromatic heterocycles. The van der Waals surface area contributed by atoms with Gasteiger partial charge in [-0.1, -0.05) is 18.2 Å². The molecule has 0 spiro atoms. The average molecular weight is 300 g/mol. The first kappa shape index (κ1) is 16.3. The molecule has 2 rings (SSSR count). The Morgan fingerprint density at radius 1 is 0.864 bits per heavy atom. The molecule has 0 unspecified atom stereocenters. The van der Waals surface area contributed by atoms with E-state index in [2.05, 4.69) is 5.32 Å². The molecule has 0 fully saturated rings. The minimum absolute atomic E-state index is 0.281. The number of para-hydroxylation sites is 1.